The summed E-state index contributed by atoms with van der Waals surface area (Å²) in [5.74, 6) is 0.657. The van der Waals surface area contributed by atoms with Gasteiger partial charge >= 0.3 is 0 Å². The molecule has 0 bridgehead atoms. The second kappa shape index (κ2) is 6.76. The Bertz CT molecular complexity index is 1220. The standard InChI is InChI=1S/C18H13BrN4O3S/c19-15-11-20-23-17(21-13-6-8-14(9-7-13)27(24,25)26)10-16(22-18(15)23)12-4-2-1-3-5-12/h1-11,21H,(H,24,25,26). The molecule has 0 radical (unpaired) electrons. The fraction of sp³-hybridized carbons (Fsp3) is 0. The molecule has 0 aliphatic rings. The molecule has 0 unspecified atom stereocenters. The largest absolute Gasteiger partial charge is 0.340 e. The first-order valence-electron chi connectivity index (χ1n) is 7.86. The Morgan fingerprint density at radius 3 is 2.41 bits per heavy atom. The number of halogens is 1. The molecule has 7 nitrogen and oxygen atoms in total. The zero-order chi connectivity index (χ0) is 19.0. The third-order valence-electron chi connectivity index (χ3n) is 3.92. The smallest absolute Gasteiger partial charge is 0.294 e. The Balaban J connectivity index is 1.79. The molecule has 4 rings (SSSR count). The van der Waals surface area contributed by atoms with E-state index in [0.717, 1.165) is 15.7 Å². The maximum atomic E-state index is 11.2. The SMILES string of the molecule is O=S(=O)(O)c1ccc(Nc2cc(-c3ccccc3)nc3c(Br)cnn23)cc1. The normalized spacial score (nSPS) is 11.6. The first-order valence-corrected chi connectivity index (χ1v) is 10.1. The Labute approximate surface area is 163 Å². The number of hydrogen-bond donors (Lipinski definition) is 2. The predicted molar refractivity (Wildman–Crippen MR) is 106 cm³/mol. The maximum absolute atomic E-state index is 11.2. The lowest BCUT2D eigenvalue weighted by atomic mass is 10.1. The van der Waals surface area contributed by atoms with Gasteiger partial charge in [-0.25, -0.2) is 4.98 Å². The highest BCUT2D eigenvalue weighted by atomic mass is 79.9. The molecule has 2 aromatic carbocycles. The number of nitrogens with one attached hydrogen (secondary N) is 1. The van der Waals surface area contributed by atoms with Gasteiger partial charge in [-0.2, -0.15) is 18.0 Å². The Morgan fingerprint density at radius 1 is 1.04 bits per heavy atom. The van der Waals surface area contributed by atoms with Crippen LogP contribution in [0.1, 0.15) is 0 Å². The van der Waals surface area contributed by atoms with E-state index in [0.29, 0.717) is 17.2 Å². The molecule has 136 valence electrons. The van der Waals surface area contributed by atoms with Crippen LogP contribution in [0.5, 0.6) is 0 Å². The van der Waals surface area contributed by atoms with Crippen LogP contribution < -0.4 is 5.32 Å². The van der Waals surface area contributed by atoms with Crippen molar-refractivity contribution in [1.82, 2.24) is 14.6 Å². The number of fused-ring (bicyclic) bond motifs is 1. The fourth-order valence-corrected chi connectivity index (χ4v) is 3.47. The molecule has 0 spiro atoms. The molecular formula is C18H13BrN4O3S. The number of benzene rings is 2. The van der Waals surface area contributed by atoms with E-state index in [1.807, 2.05) is 36.4 Å². The highest BCUT2D eigenvalue weighted by molar-refractivity contribution is 9.10. The zero-order valence-electron chi connectivity index (χ0n) is 13.7. The Morgan fingerprint density at radius 2 is 1.74 bits per heavy atom. The van der Waals surface area contributed by atoms with E-state index in [4.69, 9.17) is 4.55 Å². The summed E-state index contributed by atoms with van der Waals surface area (Å²) in [6, 6.07) is 17.4. The summed E-state index contributed by atoms with van der Waals surface area (Å²) in [5.41, 5.74) is 3.01. The summed E-state index contributed by atoms with van der Waals surface area (Å²) in [6.07, 6.45) is 1.66. The summed E-state index contributed by atoms with van der Waals surface area (Å²) in [5, 5.41) is 7.53. The zero-order valence-corrected chi connectivity index (χ0v) is 16.1. The van der Waals surface area contributed by atoms with Gasteiger partial charge in [-0.05, 0) is 40.2 Å². The van der Waals surface area contributed by atoms with E-state index in [1.54, 1.807) is 22.8 Å². The lowest BCUT2D eigenvalue weighted by molar-refractivity contribution is 0.483. The number of aromatic nitrogens is 3. The first kappa shape index (κ1) is 17.7. The van der Waals surface area contributed by atoms with Crippen LogP contribution in [0.2, 0.25) is 0 Å². The van der Waals surface area contributed by atoms with Gasteiger partial charge in [-0.3, -0.25) is 4.55 Å². The molecule has 0 aliphatic carbocycles. The predicted octanol–water partition coefficient (Wildman–Crippen LogP) is 4.15. The molecule has 0 saturated carbocycles. The number of rotatable bonds is 4. The molecule has 0 atom stereocenters. The molecule has 2 N–H and O–H groups in total. The van der Waals surface area contributed by atoms with Gasteiger partial charge in [0.1, 0.15) is 5.82 Å². The van der Waals surface area contributed by atoms with Gasteiger partial charge in [0.15, 0.2) is 5.65 Å². The minimum Gasteiger partial charge on any atom is -0.340 e. The number of nitrogens with zero attached hydrogens (tertiary/aromatic N) is 3. The van der Waals surface area contributed by atoms with Gasteiger partial charge < -0.3 is 5.32 Å². The van der Waals surface area contributed by atoms with Crippen molar-refractivity contribution in [2.45, 2.75) is 4.90 Å². The molecule has 0 fully saturated rings. The van der Waals surface area contributed by atoms with Gasteiger partial charge in [0.25, 0.3) is 10.1 Å². The summed E-state index contributed by atoms with van der Waals surface area (Å²) < 4.78 is 33.9. The molecular weight excluding hydrogens is 432 g/mol. The number of anilines is 2. The van der Waals surface area contributed by atoms with Crippen molar-refractivity contribution in [3.8, 4) is 11.3 Å². The minimum atomic E-state index is -4.23. The van der Waals surface area contributed by atoms with Crippen molar-refractivity contribution in [2.75, 3.05) is 5.32 Å². The third-order valence-corrected chi connectivity index (χ3v) is 5.35. The monoisotopic (exact) mass is 444 g/mol. The van der Waals surface area contributed by atoms with E-state index in [2.05, 4.69) is 31.3 Å². The second-order valence-corrected chi connectivity index (χ2v) is 8.02. The van der Waals surface area contributed by atoms with Crippen LogP contribution in [0, 0.1) is 0 Å². The van der Waals surface area contributed by atoms with Gasteiger partial charge in [0.05, 0.1) is 21.3 Å². The van der Waals surface area contributed by atoms with Gasteiger partial charge in [0, 0.05) is 17.3 Å². The molecule has 0 amide bonds. The molecule has 4 aromatic rings. The van der Waals surface area contributed by atoms with Crippen LogP contribution in [-0.4, -0.2) is 27.6 Å². The summed E-state index contributed by atoms with van der Waals surface area (Å²) in [6.45, 7) is 0. The highest BCUT2D eigenvalue weighted by Crippen LogP contribution is 2.27. The van der Waals surface area contributed by atoms with Crippen molar-refractivity contribution < 1.29 is 13.0 Å². The molecule has 27 heavy (non-hydrogen) atoms. The van der Waals surface area contributed by atoms with Crippen molar-refractivity contribution in [1.29, 1.82) is 0 Å². The summed E-state index contributed by atoms with van der Waals surface area (Å²) in [4.78, 5) is 4.49. The lowest BCUT2D eigenvalue weighted by Gasteiger charge is -2.11. The van der Waals surface area contributed by atoms with Gasteiger partial charge in [0.2, 0.25) is 0 Å². The highest BCUT2D eigenvalue weighted by Gasteiger charge is 2.13. The molecule has 0 aliphatic heterocycles. The first-order chi connectivity index (χ1) is 12.9. The quantitative estimate of drug-likeness (QED) is 0.459. The van der Waals surface area contributed by atoms with Crippen molar-refractivity contribution in [2.24, 2.45) is 0 Å². The average molecular weight is 445 g/mol. The van der Waals surface area contributed by atoms with E-state index in [-0.39, 0.29) is 4.90 Å². The Hall–Kier alpha value is -2.75. The van der Waals surface area contributed by atoms with Gasteiger partial charge in [-0.15, -0.1) is 0 Å². The minimum absolute atomic E-state index is 0.167. The third kappa shape index (κ3) is 3.57. The molecule has 0 saturated heterocycles. The van der Waals surface area contributed by atoms with E-state index >= 15 is 0 Å². The number of hydrogen-bond acceptors (Lipinski definition) is 5. The van der Waals surface area contributed by atoms with Crippen LogP contribution >= 0.6 is 15.9 Å². The molecule has 2 aromatic heterocycles. The van der Waals surface area contributed by atoms with Crippen molar-refractivity contribution in [3.05, 3.63) is 71.3 Å². The van der Waals surface area contributed by atoms with E-state index in [1.165, 1.54) is 12.1 Å². The van der Waals surface area contributed by atoms with E-state index < -0.39 is 10.1 Å². The summed E-state index contributed by atoms with van der Waals surface area (Å²) in [7, 11) is -4.23. The Kier molecular flexibility index (Phi) is 4.42. The average Bonchev–Trinajstić information content (AvgIpc) is 3.03. The van der Waals surface area contributed by atoms with Crippen LogP contribution in [0.15, 0.2) is 76.2 Å². The van der Waals surface area contributed by atoms with Crippen LogP contribution in [0.3, 0.4) is 0 Å². The van der Waals surface area contributed by atoms with Crippen molar-refractivity contribution >= 4 is 43.2 Å². The second-order valence-electron chi connectivity index (χ2n) is 5.75. The van der Waals surface area contributed by atoms with Crippen LogP contribution in [0.4, 0.5) is 11.5 Å². The van der Waals surface area contributed by atoms with Crippen LogP contribution in [0.25, 0.3) is 16.9 Å². The molecule has 2 heterocycles. The lowest BCUT2D eigenvalue weighted by Crippen LogP contribution is -2.03. The van der Waals surface area contributed by atoms with E-state index in [9.17, 15) is 8.42 Å². The maximum Gasteiger partial charge on any atom is 0.294 e. The summed E-state index contributed by atoms with van der Waals surface area (Å²) >= 11 is 3.46. The molecule has 9 heteroatoms. The van der Waals surface area contributed by atoms with Crippen molar-refractivity contribution in [3.63, 3.8) is 0 Å². The van der Waals surface area contributed by atoms with Crippen LogP contribution in [-0.2, 0) is 10.1 Å². The topological polar surface area (TPSA) is 96.6 Å². The van der Waals surface area contributed by atoms with Gasteiger partial charge in [-0.1, -0.05) is 30.3 Å². The fourth-order valence-electron chi connectivity index (χ4n) is 2.64.